The van der Waals surface area contributed by atoms with Crippen LogP contribution in [0.15, 0.2) is 0 Å². The Balaban J connectivity index is 1.46. The summed E-state index contributed by atoms with van der Waals surface area (Å²) in [5.74, 6) is 0.180. The molecule has 6 nitrogen and oxygen atoms in total. The summed E-state index contributed by atoms with van der Waals surface area (Å²) in [5.41, 5.74) is 0. The maximum Gasteiger partial charge on any atom is 0.225 e. The van der Waals surface area contributed by atoms with Gasteiger partial charge in [0.25, 0.3) is 0 Å². The fraction of sp³-hybridized carbons (Fsp3) is 0.824. The van der Waals surface area contributed by atoms with Gasteiger partial charge in [-0.2, -0.15) is 0 Å². The van der Waals surface area contributed by atoms with Crippen molar-refractivity contribution in [2.24, 2.45) is 11.8 Å². The van der Waals surface area contributed by atoms with E-state index in [1.807, 2.05) is 4.90 Å². The zero-order chi connectivity index (χ0) is 16.2. The van der Waals surface area contributed by atoms with Crippen LogP contribution in [0.4, 0.5) is 0 Å². The van der Waals surface area contributed by atoms with Gasteiger partial charge in [-0.25, -0.2) is 0 Å². The van der Waals surface area contributed by atoms with Gasteiger partial charge >= 0.3 is 0 Å². The van der Waals surface area contributed by atoms with Gasteiger partial charge in [-0.3, -0.25) is 14.4 Å². The predicted octanol–water partition coefficient (Wildman–Crippen LogP) is 0.810. The summed E-state index contributed by atoms with van der Waals surface area (Å²) >= 11 is 0. The molecule has 2 N–H and O–H groups in total. The molecule has 0 aromatic heterocycles. The van der Waals surface area contributed by atoms with E-state index in [4.69, 9.17) is 0 Å². The Morgan fingerprint density at radius 2 is 1.83 bits per heavy atom. The Bertz CT molecular complexity index is 474. The minimum atomic E-state index is -0.216. The van der Waals surface area contributed by atoms with E-state index in [0.717, 1.165) is 38.6 Å². The molecule has 0 aromatic carbocycles. The largest absolute Gasteiger partial charge is 0.356 e. The molecule has 0 spiro atoms. The van der Waals surface area contributed by atoms with Gasteiger partial charge in [0.05, 0.1) is 0 Å². The number of amides is 3. The minimum Gasteiger partial charge on any atom is -0.356 e. The highest BCUT2D eigenvalue weighted by Gasteiger charge is 2.33. The summed E-state index contributed by atoms with van der Waals surface area (Å²) < 4.78 is 0. The average Bonchev–Trinajstić information content (AvgIpc) is 3.03. The van der Waals surface area contributed by atoms with Gasteiger partial charge in [0.2, 0.25) is 17.7 Å². The molecule has 2 heterocycles. The first-order valence-electron chi connectivity index (χ1n) is 8.99. The number of piperidine rings is 1. The zero-order valence-corrected chi connectivity index (χ0v) is 13.7. The number of carbonyl (C=O) groups excluding carboxylic acids is 3. The molecule has 1 aliphatic carbocycles. The first-order chi connectivity index (χ1) is 11.1. The molecule has 3 amide bonds. The SMILES string of the molecule is O=C1C[C@@H](C(=O)N[C@@H]2CCN(C(=O)C3CCCCC3)C2)CCN1. The normalized spacial score (nSPS) is 29.2. The molecular formula is C17H27N3O3. The molecule has 0 unspecified atom stereocenters. The lowest BCUT2D eigenvalue weighted by atomic mass is 9.88. The van der Waals surface area contributed by atoms with Crippen LogP contribution in [0.25, 0.3) is 0 Å². The highest BCUT2D eigenvalue weighted by Crippen LogP contribution is 2.27. The first-order valence-corrected chi connectivity index (χ1v) is 8.99. The lowest BCUT2D eigenvalue weighted by Crippen LogP contribution is -2.45. The van der Waals surface area contributed by atoms with E-state index in [1.54, 1.807) is 0 Å². The van der Waals surface area contributed by atoms with Crippen LogP contribution in [0.5, 0.6) is 0 Å². The van der Waals surface area contributed by atoms with E-state index in [1.165, 1.54) is 6.42 Å². The minimum absolute atomic E-state index is 0.0307. The predicted molar refractivity (Wildman–Crippen MR) is 85.4 cm³/mol. The summed E-state index contributed by atoms with van der Waals surface area (Å²) in [4.78, 5) is 38.1. The van der Waals surface area contributed by atoms with E-state index >= 15 is 0 Å². The molecule has 128 valence electrons. The number of rotatable bonds is 3. The zero-order valence-electron chi connectivity index (χ0n) is 13.7. The van der Waals surface area contributed by atoms with Crippen molar-refractivity contribution in [2.45, 2.75) is 57.4 Å². The maximum atomic E-state index is 12.5. The number of likely N-dealkylation sites (tertiary alicyclic amines) is 1. The van der Waals surface area contributed by atoms with Crippen molar-refractivity contribution in [2.75, 3.05) is 19.6 Å². The molecule has 2 atom stereocenters. The quantitative estimate of drug-likeness (QED) is 0.807. The van der Waals surface area contributed by atoms with Gasteiger partial charge in [-0.15, -0.1) is 0 Å². The number of carbonyl (C=O) groups is 3. The molecule has 0 radical (unpaired) electrons. The fourth-order valence-corrected chi connectivity index (χ4v) is 4.01. The Kier molecular flexibility index (Phi) is 5.18. The van der Waals surface area contributed by atoms with Gasteiger partial charge in [0, 0.05) is 43.9 Å². The van der Waals surface area contributed by atoms with Gasteiger partial charge in [0.15, 0.2) is 0 Å². The van der Waals surface area contributed by atoms with E-state index in [9.17, 15) is 14.4 Å². The summed E-state index contributed by atoms with van der Waals surface area (Å²) in [6, 6.07) is 0.0417. The number of nitrogens with one attached hydrogen (secondary N) is 2. The van der Waals surface area contributed by atoms with Crippen LogP contribution in [-0.4, -0.2) is 48.3 Å². The second-order valence-electron chi connectivity index (χ2n) is 7.15. The summed E-state index contributed by atoms with van der Waals surface area (Å²) in [7, 11) is 0. The molecule has 3 fully saturated rings. The number of hydrogen-bond acceptors (Lipinski definition) is 3. The molecule has 6 heteroatoms. The lowest BCUT2D eigenvalue weighted by Gasteiger charge is -2.26. The molecule has 0 aromatic rings. The van der Waals surface area contributed by atoms with Gasteiger partial charge in [-0.05, 0) is 25.7 Å². The summed E-state index contributed by atoms with van der Waals surface area (Å²) in [5, 5.41) is 5.79. The fourth-order valence-electron chi connectivity index (χ4n) is 4.01. The van der Waals surface area contributed by atoms with Crippen molar-refractivity contribution in [3.05, 3.63) is 0 Å². The van der Waals surface area contributed by atoms with Crippen molar-refractivity contribution >= 4 is 17.7 Å². The molecule has 2 aliphatic heterocycles. The maximum absolute atomic E-state index is 12.5. The highest BCUT2D eigenvalue weighted by atomic mass is 16.2. The van der Waals surface area contributed by atoms with Crippen LogP contribution >= 0.6 is 0 Å². The van der Waals surface area contributed by atoms with Crippen LogP contribution in [0.2, 0.25) is 0 Å². The summed E-state index contributed by atoms with van der Waals surface area (Å²) in [6.07, 6.45) is 7.41. The van der Waals surface area contributed by atoms with Gasteiger partial charge < -0.3 is 15.5 Å². The van der Waals surface area contributed by atoms with E-state index in [0.29, 0.717) is 19.5 Å². The Hall–Kier alpha value is -1.59. The molecule has 0 bridgehead atoms. The lowest BCUT2D eigenvalue weighted by molar-refractivity contribution is -0.136. The monoisotopic (exact) mass is 321 g/mol. The van der Waals surface area contributed by atoms with Crippen molar-refractivity contribution in [1.29, 1.82) is 0 Å². The second kappa shape index (κ2) is 7.32. The van der Waals surface area contributed by atoms with Crippen molar-refractivity contribution < 1.29 is 14.4 Å². The van der Waals surface area contributed by atoms with Crippen molar-refractivity contribution in [3.8, 4) is 0 Å². The van der Waals surface area contributed by atoms with Crippen LogP contribution < -0.4 is 10.6 Å². The number of hydrogen-bond donors (Lipinski definition) is 2. The third-order valence-electron chi connectivity index (χ3n) is 5.42. The summed E-state index contributed by atoms with van der Waals surface area (Å²) in [6.45, 7) is 1.94. The molecule has 3 aliphatic rings. The van der Waals surface area contributed by atoms with Crippen molar-refractivity contribution in [1.82, 2.24) is 15.5 Å². The van der Waals surface area contributed by atoms with Crippen LogP contribution in [0, 0.1) is 11.8 Å². The van der Waals surface area contributed by atoms with Crippen molar-refractivity contribution in [3.63, 3.8) is 0 Å². The van der Waals surface area contributed by atoms with E-state index < -0.39 is 0 Å². The average molecular weight is 321 g/mol. The molecule has 2 saturated heterocycles. The standard InChI is InChI=1S/C17H27N3O3/c21-15-10-13(6-8-18-15)16(22)19-14-7-9-20(11-14)17(23)12-4-2-1-3-5-12/h12-14H,1-11H2,(H,18,21)(H,19,22)/t13-,14+/m0/s1. The second-order valence-corrected chi connectivity index (χ2v) is 7.15. The third-order valence-corrected chi connectivity index (χ3v) is 5.42. The van der Waals surface area contributed by atoms with E-state index in [2.05, 4.69) is 10.6 Å². The Labute approximate surface area is 137 Å². The molecule has 23 heavy (non-hydrogen) atoms. The van der Waals surface area contributed by atoms with Crippen LogP contribution in [0.1, 0.15) is 51.4 Å². The van der Waals surface area contributed by atoms with Crippen LogP contribution in [-0.2, 0) is 14.4 Å². The smallest absolute Gasteiger partial charge is 0.225 e. The Morgan fingerprint density at radius 1 is 1.04 bits per heavy atom. The molecule has 1 saturated carbocycles. The van der Waals surface area contributed by atoms with Gasteiger partial charge in [0.1, 0.15) is 0 Å². The molecular weight excluding hydrogens is 294 g/mol. The Morgan fingerprint density at radius 3 is 2.57 bits per heavy atom. The third kappa shape index (κ3) is 4.03. The van der Waals surface area contributed by atoms with Crippen LogP contribution in [0.3, 0.4) is 0 Å². The van der Waals surface area contributed by atoms with Gasteiger partial charge in [-0.1, -0.05) is 19.3 Å². The first kappa shape index (κ1) is 16.3. The highest BCUT2D eigenvalue weighted by molar-refractivity contribution is 5.87. The topological polar surface area (TPSA) is 78.5 Å². The molecule has 3 rings (SSSR count). The number of nitrogens with zero attached hydrogens (tertiary/aromatic N) is 1. The van der Waals surface area contributed by atoms with E-state index in [-0.39, 0.29) is 42.0 Å².